The second-order valence-corrected chi connectivity index (χ2v) is 7.61. The molecule has 0 spiro atoms. The van der Waals surface area contributed by atoms with Crippen LogP contribution in [0.5, 0.6) is 0 Å². The number of amides is 1. The second kappa shape index (κ2) is 7.28. The van der Waals surface area contributed by atoms with Gasteiger partial charge in [-0.3, -0.25) is 9.69 Å². The number of piperidine rings is 1. The number of carbonyl (C=O) groups is 1. The van der Waals surface area contributed by atoms with Crippen LogP contribution in [-0.2, 0) is 16.1 Å². The Bertz CT molecular complexity index is 539. The van der Waals surface area contributed by atoms with Gasteiger partial charge in [-0.1, -0.05) is 12.8 Å². The molecule has 4 rings (SSSR count). The van der Waals surface area contributed by atoms with Crippen LogP contribution in [0.1, 0.15) is 44.1 Å². The van der Waals surface area contributed by atoms with Crippen molar-refractivity contribution in [2.45, 2.75) is 57.2 Å². The molecule has 0 radical (unpaired) electrons. The maximum absolute atomic E-state index is 12.8. The summed E-state index contributed by atoms with van der Waals surface area (Å²) in [4.78, 5) is 15.3. The fraction of sp³-hybridized carbons (Fsp3) is 0.737. The molecule has 3 atom stereocenters. The molecule has 1 saturated carbocycles. The average molecular weight is 332 g/mol. The van der Waals surface area contributed by atoms with Crippen LogP contribution in [-0.4, -0.2) is 42.6 Å². The molecule has 1 N–H and O–H groups in total. The van der Waals surface area contributed by atoms with E-state index >= 15 is 0 Å². The zero-order chi connectivity index (χ0) is 16.4. The van der Waals surface area contributed by atoms with E-state index in [0.29, 0.717) is 12.0 Å². The van der Waals surface area contributed by atoms with E-state index in [2.05, 4.69) is 10.2 Å². The second-order valence-electron chi connectivity index (χ2n) is 7.61. The number of likely N-dealkylation sites (tertiary alicyclic amines) is 1. The third-order valence-electron chi connectivity index (χ3n) is 5.98. The van der Waals surface area contributed by atoms with Crippen LogP contribution < -0.4 is 5.32 Å². The van der Waals surface area contributed by atoms with Crippen molar-refractivity contribution in [1.29, 1.82) is 0 Å². The number of hydrogen-bond acceptors (Lipinski definition) is 4. The Balaban J connectivity index is 1.39. The Labute approximate surface area is 143 Å². The Hall–Kier alpha value is -1.33. The number of furan rings is 1. The van der Waals surface area contributed by atoms with Crippen molar-refractivity contribution in [3.63, 3.8) is 0 Å². The number of carbonyl (C=O) groups excluding carboxylic acids is 1. The molecule has 3 heterocycles. The first-order valence-electron chi connectivity index (χ1n) is 9.45. The standard InChI is InChI=1S/C19H28N2O3/c22-19(20-15-3-1-2-4-15)16-7-10-24-18-5-8-21(12-17(16)18)11-14-6-9-23-13-14/h6,9,13,15-18H,1-5,7-8,10-12H2,(H,20,22)/t16-,17+,18-/m1/s1. The third-order valence-corrected chi connectivity index (χ3v) is 5.98. The molecule has 5 heteroatoms. The van der Waals surface area contributed by atoms with Crippen molar-refractivity contribution >= 4 is 5.91 Å². The van der Waals surface area contributed by atoms with Gasteiger partial charge in [0.05, 0.1) is 18.6 Å². The Morgan fingerprint density at radius 3 is 2.92 bits per heavy atom. The highest BCUT2D eigenvalue weighted by atomic mass is 16.5. The van der Waals surface area contributed by atoms with Gasteiger partial charge in [-0.25, -0.2) is 0 Å². The van der Waals surface area contributed by atoms with Crippen LogP contribution in [0, 0.1) is 11.8 Å². The summed E-state index contributed by atoms with van der Waals surface area (Å²) in [7, 11) is 0. The normalized spacial score (nSPS) is 31.8. The number of ether oxygens (including phenoxy) is 1. The van der Waals surface area contributed by atoms with Gasteiger partial charge in [-0.05, 0) is 31.7 Å². The molecule has 1 amide bonds. The third kappa shape index (κ3) is 3.52. The molecule has 1 aliphatic carbocycles. The van der Waals surface area contributed by atoms with Crippen LogP contribution in [0.2, 0.25) is 0 Å². The Kier molecular flexibility index (Phi) is 4.90. The molecule has 0 aromatic carbocycles. The lowest BCUT2D eigenvalue weighted by atomic mass is 9.78. The fourth-order valence-electron chi connectivity index (χ4n) is 4.67. The van der Waals surface area contributed by atoms with Crippen molar-refractivity contribution in [1.82, 2.24) is 10.2 Å². The summed E-state index contributed by atoms with van der Waals surface area (Å²) in [6.45, 7) is 3.60. The Morgan fingerprint density at radius 1 is 1.25 bits per heavy atom. The lowest BCUT2D eigenvalue weighted by Crippen LogP contribution is -2.53. The average Bonchev–Trinajstić information content (AvgIpc) is 3.28. The highest BCUT2D eigenvalue weighted by molar-refractivity contribution is 5.79. The van der Waals surface area contributed by atoms with E-state index in [-0.39, 0.29) is 17.9 Å². The first kappa shape index (κ1) is 16.2. The van der Waals surface area contributed by atoms with Gasteiger partial charge in [0.1, 0.15) is 0 Å². The monoisotopic (exact) mass is 332 g/mol. The molecule has 2 saturated heterocycles. The minimum atomic E-state index is 0.108. The van der Waals surface area contributed by atoms with Crippen LogP contribution in [0.4, 0.5) is 0 Å². The quantitative estimate of drug-likeness (QED) is 0.921. The van der Waals surface area contributed by atoms with Crippen LogP contribution in [0.15, 0.2) is 23.0 Å². The number of hydrogen-bond donors (Lipinski definition) is 1. The van der Waals surface area contributed by atoms with Gasteiger partial charge in [0, 0.05) is 49.7 Å². The van der Waals surface area contributed by atoms with E-state index in [4.69, 9.17) is 9.15 Å². The molecule has 0 bridgehead atoms. The van der Waals surface area contributed by atoms with Gasteiger partial charge in [0.25, 0.3) is 0 Å². The summed E-state index contributed by atoms with van der Waals surface area (Å²) in [5.74, 6) is 0.697. The van der Waals surface area contributed by atoms with E-state index in [0.717, 1.165) is 51.9 Å². The summed E-state index contributed by atoms with van der Waals surface area (Å²) in [6, 6.07) is 2.43. The predicted octanol–water partition coefficient (Wildman–Crippen LogP) is 2.57. The zero-order valence-corrected chi connectivity index (χ0v) is 14.3. The first-order chi connectivity index (χ1) is 11.8. The van der Waals surface area contributed by atoms with Crippen molar-refractivity contribution in [3.8, 4) is 0 Å². The van der Waals surface area contributed by atoms with Gasteiger partial charge in [0.15, 0.2) is 0 Å². The maximum Gasteiger partial charge on any atom is 0.223 e. The number of nitrogens with zero attached hydrogens (tertiary/aromatic N) is 1. The molecule has 132 valence electrons. The van der Waals surface area contributed by atoms with Gasteiger partial charge in [-0.2, -0.15) is 0 Å². The van der Waals surface area contributed by atoms with Gasteiger partial charge in [-0.15, -0.1) is 0 Å². The van der Waals surface area contributed by atoms with E-state index < -0.39 is 0 Å². The van der Waals surface area contributed by atoms with Gasteiger partial charge >= 0.3 is 0 Å². The Morgan fingerprint density at radius 2 is 2.12 bits per heavy atom. The van der Waals surface area contributed by atoms with Crippen molar-refractivity contribution in [3.05, 3.63) is 24.2 Å². The summed E-state index contributed by atoms with van der Waals surface area (Å²) in [5.41, 5.74) is 1.21. The molecular formula is C19H28N2O3. The first-order valence-corrected chi connectivity index (χ1v) is 9.45. The predicted molar refractivity (Wildman–Crippen MR) is 90.3 cm³/mol. The van der Waals surface area contributed by atoms with Crippen molar-refractivity contribution in [2.75, 3.05) is 19.7 Å². The molecule has 5 nitrogen and oxygen atoms in total. The summed E-state index contributed by atoms with van der Waals surface area (Å²) < 4.78 is 11.2. The van der Waals surface area contributed by atoms with Gasteiger partial charge in [0.2, 0.25) is 5.91 Å². The summed E-state index contributed by atoms with van der Waals surface area (Å²) >= 11 is 0. The van der Waals surface area contributed by atoms with Crippen LogP contribution >= 0.6 is 0 Å². The van der Waals surface area contributed by atoms with Crippen molar-refractivity contribution < 1.29 is 13.9 Å². The summed E-state index contributed by atoms with van der Waals surface area (Å²) in [6.07, 6.45) is 10.5. The van der Waals surface area contributed by atoms with Gasteiger partial charge < -0.3 is 14.5 Å². The molecule has 3 fully saturated rings. The van der Waals surface area contributed by atoms with Crippen molar-refractivity contribution in [2.24, 2.45) is 11.8 Å². The topological polar surface area (TPSA) is 54.7 Å². The van der Waals surface area contributed by atoms with E-state index in [1.54, 1.807) is 6.26 Å². The number of fused-ring (bicyclic) bond motifs is 1. The van der Waals surface area contributed by atoms with E-state index in [1.807, 2.05) is 12.3 Å². The lowest BCUT2D eigenvalue weighted by molar-refractivity contribution is -0.142. The molecule has 3 aliphatic rings. The number of rotatable bonds is 4. The summed E-state index contributed by atoms with van der Waals surface area (Å²) in [5, 5.41) is 3.31. The number of nitrogens with one attached hydrogen (secondary N) is 1. The fourth-order valence-corrected chi connectivity index (χ4v) is 4.67. The highest BCUT2D eigenvalue weighted by Crippen LogP contribution is 2.34. The van der Waals surface area contributed by atoms with Crippen LogP contribution in [0.3, 0.4) is 0 Å². The minimum Gasteiger partial charge on any atom is -0.472 e. The molecular weight excluding hydrogens is 304 g/mol. The smallest absolute Gasteiger partial charge is 0.223 e. The van der Waals surface area contributed by atoms with E-state index in [1.165, 1.54) is 18.4 Å². The molecule has 1 aromatic rings. The SMILES string of the molecule is O=C(NC1CCCC1)[C@@H]1CCO[C@@H]2CCN(Cc3ccoc3)C[C@H]21. The largest absolute Gasteiger partial charge is 0.472 e. The minimum absolute atomic E-state index is 0.108. The van der Waals surface area contributed by atoms with Crippen LogP contribution in [0.25, 0.3) is 0 Å². The maximum atomic E-state index is 12.8. The zero-order valence-electron chi connectivity index (χ0n) is 14.3. The lowest BCUT2D eigenvalue weighted by Gasteiger charge is -2.44. The molecule has 24 heavy (non-hydrogen) atoms. The van der Waals surface area contributed by atoms with E-state index in [9.17, 15) is 4.79 Å². The highest BCUT2D eigenvalue weighted by Gasteiger charge is 2.42. The molecule has 1 aromatic heterocycles. The molecule has 0 unspecified atom stereocenters. The molecule has 2 aliphatic heterocycles.